The highest BCUT2D eigenvalue weighted by molar-refractivity contribution is 6.34. The molecule has 4 aliphatic rings. The zero-order valence-corrected chi connectivity index (χ0v) is 26.7. The van der Waals surface area contributed by atoms with Crippen molar-refractivity contribution in [2.75, 3.05) is 25.1 Å². The predicted octanol–water partition coefficient (Wildman–Crippen LogP) is 3.69. The molecule has 0 aliphatic carbocycles. The first-order chi connectivity index (χ1) is 22.1. The van der Waals surface area contributed by atoms with Crippen LogP contribution in [0.15, 0.2) is 78.9 Å². The lowest BCUT2D eigenvalue weighted by Crippen LogP contribution is -2.58. The van der Waals surface area contributed by atoms with Crippen molar-refractivity contribution in [2.24, 2.45) is 11.8 Å². The summed E-state index contributed by atoms with van der Waals surface area (Å²) in [7, 11) is 1.68. The van der Waals surface area contributed by atoms with Crippen LogP contribution in [0.5, 0.6) is 0 Å². The molecule has 1 N–H and O–H groups in total. The fraction of sp³-hybridized carbons (Fsp3) is 0.429. The third-order valence-electron chi connectivity index (χ3n) is 9.76. The number of hydrogen-bond donors (Lipinski definition) is 1. The summed E-state index contributed by atoms with van der Waals surface area (Å²) in [5.74, 6) is -3.85. The van der Waals surface area contributed by atoms with E-state index >= 15 is 0 Å². The molecule has 10 nitrogen and oxygen atoms in total. The van der Waals surface area contributed by atoms with E-state index in [0.29, 0.717) is 22.7 Å². The second kappa shape index (κ2) is 12.7. The molecule has 0 radical (unpaired) electrons. The molecule has 2 saturated heterocycles. The predicted molar refractivity (Wildman–Crippen MR) is 171 cm³/mol. The number of nitrogens with zero attached hydrogens (tertiary/aromatic N) is 3. The second-order valence-corrected chi connectivity index (χ2v) is 12.8. The molecule has 2 fully saturated rings. The Morgan fingerprint density at radius 1 is 1.02 bits per heavy atom. The van der Waals surface area contributed by atoms with Gasteiger partial charge in [0.05, 0.1) is 41.4 Å². The molecule has 2 aromatic rings. The maximum absolute atomic E-state index is 14.8. The van der Waals surface area contributed by atoms with Crippen LogP contribution in [-0.2, 0) is 28.7 Å². The van der Waals surface area contributed by atoms with E-state index in [1.165, 1.54) is 9.80 Å². The Labute approximate surface area is 273 Å². The number of cyclic esters (lactones) is 1. The van der Waals surface area contributed by atoms with Crippen molar-refractivity contribution in [3.05, 3.63) is 89.5 Å². The van der Waals surface area contributed by atoms with Gasteiger partial charge < -0.3 is 29.3 Å². The van der Waals surface area contributed by atoms with Gasteiger partial charge in [-0.25, -0.2) is 0 Å². The molecule has 8 atom stereocenters. The Balaban J connectivity index is 1.48. The average Bonchev–Trinajstić information content (AvgIpc) is 3.71. The van der Waals surface area contributed by atoms with Crippen LogP contribution < -0.4 is 4.90 Å². The number of likely N-dealkylation sites (N-methyl/N-ethyl adjacent to an activating group) is 1. The zero-order chi connectivity index (χ0) is 32.7. The van der Waals surface area contributed by atoms with E-state index in [2.05, 4.69) is 0 Å². The lowest BCUT2D eigenvalue weighted by molar-refractivity contribution is -0.164. The van der Waals surface area contributed by atoms with E-state index in [4.69, 9.17) is 21.1 Å². The number of esters is 1. The Hall–Kier alpha value is -3.99. The average molecular weight is 648 g/mol. The van der Waals surface area contributed by atoms with Gasteiger partial charge in [0.2, 0.25) is 11.8 Å². The van der Waals surface area contributed by atoms with E-state index in [9.17, 15) is 24.3 Å². The highest BCUT2D eigenvalue weighted by Crippen LogP contribution is 2.56. The lowest BCUT2D eigenvalue weighted by atomic mass is 9.74. The van der Waals surface area contributed by atoms with Gasteiger partial charge in [-0.2, -0.15) is 0 Å². The molecule has 0 aromatic heterocycles. The molecule has 3 amide bonds. The van der Waals surface area contributed by atoms with Gasteiger partial charge in [0, 0.05) is 20.0 Å². The third-order valence-corrected chi connectivity index (χ3v) is 10.1. The summed E-state index contributed by atoms with van der Waals surface area (Å²) in [6.45, 7) is 3.18. The number of carbonyl (C=O) groups excluding carboxylic acids is 4. The maximum Gasteiger partial charge on any atom is 0.313 e. The molecule has 1 spiro atoms. The molecule has 11 heteroatoms. The Morgan fingerprint density at radius 2 is 1.74 bits per heavy atom. The molecule has 6 rings (SSSR count). The van der Waals surface area contributed by atoms with Crippen molar-refractivity contribution < 1.29 is 33.8 Å². The minimum Gasteiger partial charge on any atom is -0.455 e. The van der Waals surface area contributed by atoms with E-state index < -0.39 is 72.2 Å². The van der Waals surface area contributed by atoms with Crippen LogP contribution in [0.25, 0.3) is 0 Å². The summed E-state index contributed by atoms with van der Waals surface area (Å²) in [5.41, 5.74) is -0.334. The fourth-order valence-corrected chi connectivity index (χ4v) is 7.48. The number of aliphatic hydroxyl groups excluding tert-OH is 1. The number of hydrogen-bond acceptors (Lipinski definition) is 7. The minimum atomic E-state index is -1.47. The van der Waals surface area contributed by atoms with Crippen molar-refractivity contribution in [3.63, 3.8) is 0 Å². The number of para-hydroxylation sites is 1. The van der Waals surface area contributed by atoms with Crippen molar-refractivity contribution in [1.82, 2.24) is 9.80 Å². The topological polar surface area (TPSA) is 117 Å². The van der Waals surface area contributed by atoms with Gasteiger partial charge in [0.25, 0.3) is 5.91 Å². The molecule has 0 unspecified atom stereocenters. The zero-order valence-electron chi connectivity index (χ0n) is 26.0. The van der Waals surface area contributed by atoms with Gasteiger partial charge in [-0.15, -0.1) is 0 Å². The van der Waals surface area contributed by atoms with E-state index in [-0.39, 0.29) is 18.9 Å². The minimum absolute atomic E-state index is 0.102. The van der Waals surface area contributed by atoms with Crippen LogP contribution in [0.3, 0.4) is 0 Å². The van der Waals surface area contributed by atoms with Gasteiger partial charge >= 0.3 is 5.97 Å². The number of likely N-dealkylation sites (tertiary alicyclic amines) is 1. The molecule has 242 valence electrons. The fourth-order valence-electron chi connectivity index (χ4n) is 7.25. The summed E-state index contributed by atoms with van der Waals surface area (Å²) in [6.07, 6.45) is 6.05. The molecular formula is C35H38ClN3O7. The lowest BCUT2D eigenvalue weighted by Gasteiger charge is -2.38. The number of rotatable bonds is 4. The van der Waals surface area contributed by atoms with Gasteiger partial charge in [0.1, 0.15) is 23.7 Å². The first-order valence-corrected chi connectivity index (χ1v) is 16.0. The maximum atomic E-state index is 14.8. The van der Waals surface area contributed by atoms with Gasteiger partial charge in [-0.1, -0.05) is 78.4 Å². The summed E-state index contributed by atoms with van der Waals surface area (Å²) >= 11 is 6.60. The molecule has 5 bridgehead atoms. The second-order valence-electron chi connectivity index (χ2n) is 12.4. The van der Waals surface area contributed by atoms with E-state index in [0.717, 1.165) is 0 Å². The van der Waals surface area contributed by atoms with Gasteiger partial charge in [-0.3, -0.25) is 19.2 Å². The van der Waals surface area contributed by atoms with Gasteiger partial charge in [-0.05, 0) is 38.0 Å². The quantitative estimate of drug-likeness (QED) is 0.398. The highest BCUT2D eigenvalue weighted by Gasteiger charge is 2.74. The normalized spacial score (nSPS) is 32.9. The highest BCUT2D eigenvalue weighted by atomic mass is 35.5. The van der Waals surface area contributed by atoms with Crippen LogP contribution in [0.2, 0.25) is 5.02 Å². The summed E-state index contributed by atoms with van der Waals surface area (Å²) < 4.78 is 12.7. The van der Waals surface area contributed by atoms with Crippen LogP contribution in [0.1, 0.15) is 38.4 Å². The Bertz CT molecular complexity index is 1580. The van der Waals surface area contributed by atoms with Crippen molar-refractivity contribution >= 4 is 41.0 Å². The number of benzene rings is 2. The summed E-state index contributed by atoms with van der Waals surface area (Å²) in [4.78, 5) is 61.1. The Kier molecular flexibility index (Phi) is 8.80. The first kappa shape index (κ1) is 32.0. The molecule has 4 aliphatic heterocycles. The number of ether oxygens (including phenoxy) is 2. The third kappa shape index (κ3) is 5.22. The molecule has 46 heavy (non-hydrogen) atoms. The SMILES string of the molecule is C[C@@H]1[C@@H](c2ccccc2)OC(=O)[C@@H]2[C@@H]3C=C[C@]4(O3)[C@H](C(=O)N(c3ccccc3Cl)C/C=C\CCC(=O)N1C)N([C@H](C)CO)C(=O)[C@@H]24. The molecule has 0 saturated carbocycles. The first-order valence-electron chi connectivity index (χ1n) is 15.6. The summed E-state index contributed by atoms with van der Waals surface area (Å²) in [5, 5.41) is 10.6. The van der Waals surface area contributed by atoms with Crippen LogP contribution in [0.4, 0.5) is 5.69 Å². The van der Waals surface area contributed by atoms with Gasteiger partial charge in [0.15, 0.2) is 0 Å². The standard InChI is InChI=1S/C35H38ClN3O7/c1-21(20-40)39-31-33(43)38(25-15-10-9-14-24(25)36)19-11-5-8-16-27(41)37(3)22(2)30(23-12-6-4-7-13-23)45-34(44)28-26-17-18-35(31,46-26)29(28)32(39)42/h4-7,9-15,17-18,21-22,26,28-31,40H,8,16,19-20H2,1-3H3/b11-5-/t21-,22-,26+,28-,29-,30+,31+,35-/m1/s1. The van der Waals surface area contributed by atoms with Crippen molar-refractivity contribution in [2.45, 2.75) is 62.6 Å². The number of fused-ring (bicyclic) bond motifs is 2. The number of amides is 3. The number of carbonyl (C=O) groups is 4. The van der Waals surface area contributed by atoms with E-state index in [1.54, 1.807) is 61.4 Å². The van der Waals surface area contributed by atoms with E-state index in [1.807, 2.05) is 43.3 Å². The summed E-state index contributed by atoms with van der Waals surface area (Å²) in [6, 6.07) is 13.6. The number of anilines is 1. The Morgan fingerprint density at radius 3 is 2.46 bits per heavy atom. The van der Waals surface area contributed by atoms with Crippen LogP contribution in [-0.4, -0.2) is 88.6 Å². The van der Waals surface area contributed by atoms with Crippen molar-refractivity contribution in [3.8, 4) is 0 Å². The smallest absolute Gasteiger partial charge is 0.313 e. The molecular weight excluding hydrogens is 610 g/mol. The van der Waals surface area contributed by atoms with Crippen LogP contribution >= 0.6 is 11.6 Å². The number of halogens is 1. The number of allylic oxidation sites excluding steroid dienone is 1. The monoisotopic (exact) mass is 647 g/mol. The van der Waals surface area contributed by atoms with Crippen molar-refractivity contribution in [1.29, 1.82) is 0 Å². The molecule has 2 aromatic carbocycles. The molecule has 4 heterocycles. The van der Waals surface area contributed by atoms with Crippen LogP contribution in [0, 0.1) is 11.8 Å². The largest absolute Gasteiger partial charge is 0.455 e. The number of aliphatic hydroxyl groups is 1.